The number of benzene rings is 1. The fourth-order valence-electron chi connectivity index (χ4n) is 2.96. The van der Waals surface area contributed by atoms with Crippen LogP contribution in [0, 0.1) is 0 Å². The van der Waals surface area contributed by atoms with Crippen molar-refractivity contribution in [3.05, 3.63) is 46.0 Å². The van der Waals surface area contributed by atoms with Gasteiger partial charge in [-0.25, -0.2) is 4.98 Å². The molecule has 0 amide bonds. The van der Waals surface area contributed by atoms with E-state index in [2.05, 4.69) is 36.1 Å². The second-order valence-corrected chi connectivity index (χ2v) is 6.64. The zero-order chi connectivity index (χ0) is 14.7. The molecule has 0 saturated carbocycles. The van der Waals surface area contributed by atoms with Crippen molar-refractivity contribution in [2.45, 2.75) is 39.2 Å². The maximum atomic E-state index is 5.88. The van der Waals surface area contributed by atoms with Crippen LogP contribution < -0.4 is 10.6 Å². The van der Waals surface area contributed by atoms with Crippen molar-refractivity contribution in [2.24, 2.45) is 5.73 Å². The van der Waals surface area contributed by atoms with Crippen molar-refractivity contribution < 1.29 is 0 Å². The molecule has 0 bridgehead atoms. The van der Waals surface area contributed by atoms with Gasteiger partial charge in [0, 0.05) is 24.5 Å². The van der Waals surface area contributed by atoms with E-state index in [1.165, 1.54) is 21.7 Å². The van der Waals surface area contributed by atoms with Crippen molar-refractivity contribution in [2.75, 3.05) is 18.0 Å². The average Bonchev–Trinajstić information content (AvgIpc) is 2.79. The Morgan fingerprint density at radius 3 is 2.43 bits per heavy atom. The van der Waals surface area contributed by atoms with Crippen LogP contribution in [0.3, 0.4) is 0 Å². The molecule has 1 aliphatic heterocycles. The molecule has 3 rings (SSSR count). The van der Waals surface area contributed by atoms with Crippen molar-refractivity contribution >= 4 is 16.5 Å². The molecule has 2 aromatic rings. The predicted octanol–water partition coefficient (Wildman–Crippen LogP) is 3.16. The molecule has 2 N–H and O–H groups in total. The van der Waals surface area contributed by atoms with Crippen LogP contribution in [0.15, 0.2) is 24.3 Å². The van der Waals surface area contributed by atoms with E-state index >= 15 is 0 Å². The van der Waals surface area contributed by atoms with Crippen molar-refractivity contribution in [3.8, 4) is 0 Å². The maximum Gasteiger partial charge on any atom is 0.185 e. The number of anilines is 1. The van der Waals surface area contributed by atoms with E-state index in [1.807, 2.05) is 0 Å². The van der Waals surface area contributed by atoms with Crippen LogP contribution in [0.1, 0.15) is 35.0 Å². The van der Waals surface area contributed by atoms with E-state index < -0.39 is 0 Å². The third-order valence-electron chi connectivity index (χ3n) is 4.13. The molecule has 0 spiro atoms. The standard InChI is InChI=1S/C17H23N3S/c1-2-5-15-16(12-18)21-17(19-15)20-10-8-13-6-3-4-7-14(13)9-11-20/h3-4,6-7H,2,5,8-12,18H2,1H3. The molecular weight excluding hydrogens is 278 g/mol. The highest BCUT2D eigenvalue weighted by molar-refractivity contribution is 7.15. The molecule has 1 aromatic heterocycles. The van der Waals surface area contributed by atoms with Crippen LogP contribution >= 0.6 is 11.3 Å². The molecule has 0 atom stereocenters. The van der Waals surface area contributed by atoms with Crippen LogP contribution in [0.4, 0.5) is 5.13 Å². The lowest BCUT2D eigenvalue weighted by atomic mass is 10.0. The molecule has 2 heterocycles. The third kappa shape index (κ3) is 3.11. The summed E-state index contributed by atoms with van der Waals surface area (Å²) >= 11 is 1.78. The van der Waals surface area contributed by atoms with Gasteiger partial charge in [-0.1, -0.05) is 37.6 Å². The monoisotopic (exact) mass is 301 g/mol. The van der Waals surface area contributed by atoms with Gasteiger partial charge >= 0.3 is 0 Å². The minimum atomic E-state index is 0.612. The molecule has 112 valence electrons. The van der Waals surface area contributed by atoms with Gasteiger partial charge in [-0.3, -0.25) is 0 Å². The number of hydrogen-bond donors (Lipinski definition) is 1. The Hall–Kier alpha value is -1.39. The first-order valence-electron chi connectivity index (χ1n) is 7.82. The molecule has 3 nitrogen and oxygen atoms in total. The Morgan fingerprint density at radius 2 is 1.86 bits per heavy atom. The molecular formula is C17H23N3S. The molecule has 4 heteroatoms. The van der Waals surface area contributed by atoms with Gasteiger partial charge in [0.05, 0.1) is 5.69 Å². The summed E-state index contributed by atoms with van der Waals surface area (Å²) in [4.78, 5) is 8.55. The molecule has 0 saturated heterocycles. The minimum absolute atomic E-state index is 0.612. The lowest BCUT2D eigenvalue weighted by Gasteiger charge is -2.18. The molecule has 0 fully saturated rings. The van der Waals surface area contributed by atoms with Crippen LogP contribution in [-0.4, -0.2) is 18.1 Å². The highest BCUT2D eigenvalue weighted by atomic mass is 32.1. The van der Waals surface area contributed by atoms with Crippen LogP contribution in [0.5, 0.6) is 0 Å². The maximum absolute atomic E-state index is 5.88. The van der Waals surface area contributed by atoms with Crippen molar-refractivity contribution in [1.29, 1.82) is 0 Å². The van der Waals surface area contributed by atoms with Crippen molar-refractivity contribution in [1.82, 2.24) is 4.98 Å². The van der Waals surface area contributed by atoms with Gasteiger partial charge in [0.2, 0.25) is 0 Å². The van der Waals surface area contributed by atoms with Crippen LogP contribution in [-0.2, 0) is 25.8 Å². The molecule has 21 heavy (non-hydrogen) atoms. The number of rotatable bonds is 4. The van der Waals surface area contributed by atoms with Gasteiger partial charge in [0.1, 0.15) is 0 Å². The number of aryl methyl sites for hydroxylation is 1. The first-order chi connectivity index (χ1) is 10.3. The van der Waals surface area contributed by atoms with Gasteiger partial charge in [0.25, 0.3) is 0 Å². The Balaban J connectivity index is 1.79. The second-order valence-electron chi connectivity index (χ2n) is 5.58. The summed E-state index contributed by atoms with van der Waals surface area (Å²) in [7, 11) is 0. The first-order valence-corrected chi connectivity index (χ1v) is 8.63. The second kappa shape index (κ2) is 6.58. The lowest BCUT2D eigenvalue weighted by Crippen LogP contribution is -2.25. The summed E-state index contributed by atoms with van der Waals surface area (Å²) < 4.78 is 0. The molecule has 1 aromatic carbocycles. The topological polar surface area (TPSA) is 42.2 Å². The highest BCUT2D eigenvalue weighted by Crippen LogP contribution is 2.29. The molecule has 1 aliphatic rings. The van der Waals surface area contributed by atoms with E-state index in [0.29, 0.717) is 6.54 Å². The Labute approximate surface area is 130 Å². The summed E-state index contributed by atoms with van der Waals surface area (Å²) in [6.45, 7) is 4.92. The van der Waals surface area contributed by atoms with E-state index in [9.17, 15) is 0 Å². The number of hydrogen-bond acceptors (Lipinski definition) is 4. The fourth-order valence-corrected chi connectivity index (χ4v) is 3.99. The number of nitrogens with two attached hydrogens (primary N) is 1. The van der Waals surface area contributed by atoms with Crippen molar-refractivity contribution in [3.63, 3.8) is 0 Å². The quantitative estimate of drug-likeness (QED) is 0.943. The van der Waals surface area contributed by atoms with Gasteiger partial charge in [-0.2, -0.15) is 0 Å². The molecule has 0 unspecified atom stereocenters. The first kappa shape index (κ1) is 14.5. The zero-order valence-corrected chi connectivity index (χ0v) is 13.5. The van der Waals surface area contributed by atoms with E-state index in [-0.39, 0.29) is 0 Å². The third-order valence-corrected chi connectivity index (χ3v) is 5.31. The van der Waals surface area contributed by atoms with E-state index in [0.717, 1.165) is 43.9 Å². The molecule has 0 aliphatic carbocycles. The van der Waals surface area contributed by atoms with Crippen LogP contribution in [0.25, 0.3) is 0 Å². The highest BCUT2D eigenvalue weighted by Gasteiger charge is 2.18. The normalized spacial score (nSPS) is 14.9. The Morgan fingerprint density at radius 1 is 1.19 bits per heavy atom. The number of aromatic nitrogens is 1. The summed E-state index contributed by atoms with van der Waals surface area (Å²) in [5, 5.41) is 1.16. The average molecular weight is 301 g/mol. The minimum Gasteiger partial charge on any atom is -0.347 e. The van der Waals surface area contributed by atoms with Gasteiger partial charge in [0.15, 0.2) is 5.13 Å². The van der Waals surface area contributed by atoms with Gasteiger partial charge in [-0.15, -0.1) is 11.3 Å². The summed E-state index contributed by atoms with van der Waals surface area (Å²) in [5.74, 6) is 0. The zero-order valence-electron chi connectivity index (χ0n) is 12.6. The smallest absolute Gasteiger partial charge is 0.185 e. The largest absolute Gasteiger partial charge is 0.347 e. The van der Waals surface area contributed by atoms with Gasteiger partial charge < -0.3 is 10.6 Å². The summed E-state index contributed by atoms with van der Waals surface area (Å²) in [6.07, 6.45) is 4.38. The van der Waals surface area contributed by atoms with Gasteiger partial charge in [-0.05, 0) is 30.4 Å². The number of nitrogens with zero attached hydrogens (tertiary/aromatic N) is 2. The molecule has 0 radical (unpaired) electrons. The number of fused-ring (bicyclic) bond motifs is 1. The fraction of sp³-hybridized carbons (Fsp3) is 0.471. The van der Waals surface area contributed by atoms with E-state index in [1.54, 1.807) is 11.3 Å². The Bertz CT molecular complexity index is 579. The number of thiazole rings is 1. The summed E-state index contributed by atoms with van der Waals surface area (Å²) in [5.41, 5.74) is 10.1. The SMILES string of the molecule is CCCc1nc(N2CCc3ccccc3CC2)sc1CN. The van der Waals surface area contributed by atoms with E-state index in [4.69, 9.17) is 10.7 Å². The lowest BCUT2D eigenvalue weighted by molar-refractivity contribution is 0.792. The van der Waals surface area contributed by atoms with Crippen LogP contribution in [0.2, 0.25) is 0 Å². The Kier molecular flexibility index (Phi) is 4.56. The predicted molar refractivity (Wildman–Crippen MR) is 90.1 cm³/mol. The summed E-state index contributed by atoms with van der Waals surface area (Å²) in [6, 6.07) is 8.80.